The maximum absolute atomic E-state index is 12.1. The van der Waals surface area contributed by atoms with Crippen molar-refractivity contribution in [1.29, 1.82) is 0 Å². The van der Waals surface area contributed by atoms with E-state index in [0.29, 0.717) is 11.3 Å². The minimum atomic E-state index is -0.371. The Labute approximate surface area is 132 Å². The molecule has 0 atom stereocenters. The number of anilines is 1. The molecule has 0 unspecified atom stereocenters. The molecule has 2 rings (SSSR count). The topological polar surface area (TPSA) is 70.1 Å². The summed E-state index contributed by atoms with van der Waals surface area (Å²) in [7, 11) is 1.83. The summed E-state index contributed by atoms with van der Waals surface area (Å²) >= 11 is 3.50. The zero-order valence-electron chi connectivity index (χ0n) is 12.3. The molecular weight excluding hydrogens is 334 g/mol. The van der Waals surface area contributed by atoms with E-state index in [2.05, 4.69) is 21.0 Å². The molecule has 5 nitrogen and oxygen atoms in total. The minimum absolute atomic E-state index is 0.173. The second-order valence-corrected chi connectivity index (χ2v) is 5.63. The number of hydrogen-bond donors (Lipinski definition) is 1. The number of esters is 1. The maximum Gasteiger partial charge on any atom is 0.338 e. The summed E-state index contributed by atoms with van der Waals surface area (Å²) in [6, 6.07) is 5.11. The van der Waals surface area contributed by atoms with Crippen molar-refractivity contribution in [3.63, 3.8) is 0 Å². The summed E-state index contributed by atoms with van der Waals surface area (Å²) in [6.07, 6.45) is 0.819. The van der Waals surface area contributed by atoms with Crippen LogP contribution in [0.15, 0.2) is 22.7 Å². The summed E-state index contributed by atoms with van der Waals surface area (Å²) in [5.74, 6) is -0.371. The first-order chi connectivity index (χ1) is 9.93. The highest BCUT2D eigenvalue weighted by Crippen LogP contribution is 2.22. The standard InChI is InChI=1S/C15H18BrN3O2/c1-4-12-14(16)13(19(3)18-12)8-21-15(20)10-5-6-11(17)9(2)7-10/h5-7H,4,8,17H2,1-3H3. The molecule has 1 aromatic heterocycles. The van der Waals surface area contributed by atoms with Gasteiger partial charge in [-0.1, -0.05) is 6.92 Å². The van der Waals surface area contributed by atoms with Crippen LogP contribution in [0, 0.1) is 6.92 Å². The van der Waals surface area contributed by atoms with Crippen LogP contribution in [0.25, 0.3) is 0 Å². The van der Waals surface area contributed by atoms with Gasteiger partial charge in [0.15, 0.2) is 0 Å². The highest BCUT2D eigenvalue weighted by atomic mass is 79.9. The molecule has 6 heteroatoms. The van der Waals surface area contributed by atoms with Gasteiger partial charge >= 0.3 is 5.97 Å². The molecule has 2 N–H and O–H groups in total. The molecule has 0 radical (unpaired) electrons. The zero-order valence-corrected chi connectivity index (χ0v) is 13.9. The smallest absolute Gasteiger partial charge is 0.338 e. The number of benzene rings is 1. The molecule has 0 saturated carbocycles. The Morgan fingerprint density at radius 3 is 2.76 bits per heavy atom. The number of carbonyl (C=O) groups is 1. The van der Waals surface area contributed by atoms with Gasteiger partial charge in [-0.3, -0.25) is 4.68 Å². The number of aromatic nitrogens is 2. The quantitative estimate of drug-likeness (QED) is 0.678. The van der Waals surface area contributed by atoms with E-state index in [-0.39, 0.29) is 12.6 Å². The summed E-state index contributed by atoms with van der Waals surface area (Å²) in [4.78, 5) is 12.1. The number of nitrogens with zero attached hydrogens (tertiary/aromatic N) is 2. The molecule has 21 heavy (non-hydrogen) atoms. The highest BCUT2D eigenvalue weighted by Gasteiger charge is 2.15. The molecule has 0 saturated heterocycles. The van der Waals surface area contributed by atoms with Crippen LogP contribution in [0.3, 0.4) is 0 Å². The number of nitrogens with two attached hydrogens (primary N) is 1. The Morgan fingerprint density at radius 2 is 2.19 bits per heavy atom. The van der Waals surface area contributed by atoms with E-state index in [1.54, 1.807) is 22.9 Å². The third-order valence-electron chi connectivity index (χ3n) is 3.35. The number of aryl methyl sites for hydroxylation is 3. The van der Waals surface area contributed by atoms with Crippen molar-refractivity contribution in [2.45, 2.75) is 26.9 Å². The zero-order chi connectivity index (χ0) is 15.6. The normalized spacial score (nSPS) is 10.7. The van der Waals surface area contributed by atoms with Gasteiger partial charge in [-0.05, 0) is 53.0 Å². The van der Waals surface area contributed by atoms with E-state index in [1.165, 1.54) is 0 Å². The van der Waals surface area contributed by atoms with Crippen LogP contribution < -0.4 is 5.73 Å². The van der Waals surface area contributed by atoms with Crippen LogP contribution in [-0.2, 0) is 24.8 Å². The Kier molecular flexibility index (Phi) is 4.67. The van der Waals surface area contributed by atoms with Crippen LogP contribution in [0.5, 0.6) is 0 Å². The molecule has 0 aliphatic carbocycles. The third-order valence-corrected chi connectivity index (χ3v) is 4.26. The van der Waals surface area contributed by atoms with Crippen LogP contribution in [0.2, 0.25) is 0 Å². The average molecular weight is 352 g/mol. The average Bonchev–Trinajstić information content (AvgIpc) is 2.73. The van der Waals surface area contributed by atoms with E-state index in [9.17, 15) is 4.79 Å². The number of halogens is 1. The Balaban J connectivity index is 2.11. The van der Waals surface area contributed by atoms with E-state index in [4.69, 9.17) is 10.5 Å². The molecule has 1 heterocycles. The van der Waals surface area contributed by atoms with Crippen molar-refractivity contribution >= 4 is 27.6 Å². The van der Waals surface area contributed by atoms with Crippen LogP contribution in [-0.4, -0.2) is 15.7 Å². The van der Waals surface area contributed by atoms with Gasteiger partial charge in [0, 0.05) is 12.7 Å². The first-order valence-corrected chi connectivity index (χ1v) is 7.46. The summed E-state index contributed by atoms with van der Waals surface area (Å²) in [6.45, 7) is 4.06. The molecule has 112 valence electrons. The van der Waals surface area contributed by atoms with Gasteiger partial charge in [0.25, 0.3) is 0 Å². The van der Waals surface area contributed by atoms with Crippen molar-refractivity contribution in [3.05, 3.63) is 45.2 Å². The number of hydrogen-bond acceptors (Lipinski definition) is 4. The van der Waals surface area contributed by atoms with Gasteiger partial charge in [-0.15, -0.1) is 0 Å². The number of carbonyl (C=O) groups excluding carboxylic acids is 1. The second-order valence-electron chi connectivity index (χ2n) is 4.83. The van der Waals surface area contributed by atoms with Gasteiger partial charge in [0.1, 0.15) is 6.61 Å². The summed E-state index contributed by atoms with van der Waals surface area (Å²) in [5, 5.41) is 4.37. The van der Waals surface area contributed by atoms with Gasteiger partial charge < -0.3 is 10.5 Å². The van der Waals surface area contributed by atoms with Crippen molar-refractivity contribution in [1.82, 2.24) is 9.78 Å². The number of ether oxygens (including phenoxy) is 1. The molecular formula is C15H18BrN3O2. The van der Waals surface area contributed by atoms with Crippen molar-refractivity contribution < 1.29 is 9.53 Å². The predicted molar refractivity (Wildman–Crippen MR) is 85.0 cm³/mol. The van der Waals surface area contributed by atoms with Crippen LogP contribution >= 0.6 is 15.9 Å². The lowest BCUT2D eigenvalue weighted by atomic mass is 10.1. The summed E-state index contributed by atoms with van der Waals surface area (Å²) in [5.41, 5.74) is 9.55. The van der Waals surface area contributed by atoms with Gasteiger partial charge in [0.2, 0.25) is 0 Å². The first kappa shape index (κ1) is 15.6. The van der Waals surface area contributed by atoms with Crippen molar-refractivity contribution in [2.24, 2.45) is 7.05 Å². The predicted octanol–water partition coefficient (Wildman–Crippen LogP) is 2.99. The Hall–Kier alpha value is -1.82. The van der Waals surface area contributed by atoms with Gasteiger partial charge in [-0.2, -0.15) is 5.10 Å². The molecule has 0 spiro atoms. The van der Waals surface area contributed by atoms with Crippen LogP contribution in [0.1, 0.15) is 34.2 Å². The lowest BCUT2D eigenvalue weighted by molar-refractivity contribution is 0.0462. The van der Waals surface area contributed by atoms with E-state index in [1.807, 2.05) is 20.9 Å². The minimum Gasteiger partial charge on any atom is -0.456 e. The second kappa shape index (κ2) is 6.30. The molecule has 0 aliphatic rings. The largest absolute Gasteiger partial charge is 0.456 e. The molecule has 0 fully saturated rings. The lowest BCUT2D eigenvalue weighted by Gasteiger charge is -2.07. The fraction of sp³-hybridized carbons (Fsp3) is 0.333. The lowest BCUT2D eigenvalue weighted by Crippen LogP contribution is -2.09. The first-order valence-electron chi connectivity index (χ1n) is 6.67. The number of rotatable bonds is 4. The monoisotopic (exact) mass is 351 g/mol. The highest BCUT2D eigenvalue weighted by molar-refractivity contribution is 9.10. The van der Waals surface area contributed by atoms with E-state index in [0.717, 1.165) is 27.8 Å². The molecule has 0 bridgehead atoms. The fourth-order valence-electron chi connectivity index (χ4n) is 2.00. The Morgan fingerprint density at radius 1 is 1.48 bits per heavy atom. The summed E-state index contributed by atoms with van der Waals surface area (Å²) < 4.78 is 7.98. The van der Waals surface area contributed by atoms with E-state index >= 15 is 0 Å². The molecule has 1 aromatic carbocycles. The molecule has 2 aromatic rings. The maximum atomic E-state index is 12.1. The van der Waals surface area contributed by atoms with E-state index < -0.39 is 0 Å². The molecule has 0 aliphatic heterocycles. The fourth-order valence-corrected chi connectivity index (χ4v) is 2.73. The third kappa shape index (κ3) is 3.26. The van der Waals surface area contributed by atoms with Crippen LogP contribution in [0.4, 0.5) is 5.69 Å². The van der Waals surface area contributed by atoms with Gasteiger partial charge in [0.05, 0.1) is 21.4 Å². The number of nitrogen functional groups attached to an aromatic ring is 1. The van der Waals surface area contributed by atoms with Crippen molar-refractivity contribution in [2.75, 3.05) is 5.73 Å². The Bertz CT molecular complexity index is 680. The van der Waals surface area contributed by atoms with Crippen molar-refractivity contribution in [3.8, 4) is 0 Å². The molecule has 0 amide bonds. The van der Waals surface area contributed by atoms with Gasteiger partial charge in [-0.25, -0.2) is 4.79 Å². The SMILES string of the molecule is CCc1nn(C)c(COC(=O)c2ccc(N)c(C)c2)c1Br.